The maximum absolute atomic E-state index is 10.9. The molecule has 0 fully saturated rings. The molecule has 1 aromatic carbocycles. The minimum atomic E-state index is -0.943. The highest BCUT2D eigenvalue weighted by Crippen LogP contribution is 2.20. The van der Waals surface area contributed by atoms with E-state index in [0.717, 1.165) is 17.9 Å². The van der Waals surface area contributed by atoms with Gasteiger partial charge in [0.05, 0.1) is 5.56 Å². The van der Waals surface area contributed by atoms with E-state index in [4.69, 9.17) is 9.84 Å². The van der Waals surface area contributed by atoms with E-state index in [1.165, 1.54) is 12.4 Å². The molecule has 2 aromatic rings. The van der Waals surface area contributed by atoms with Gasteiger partial charge in [-0.3, -0.25) is 0 Å². The number of ether oxygens (including phenoxy) is 1. The number of hydrogen-bond donors (Lipinski definition) is 1. The Hall–Kier alpha value is -2.37. The van der Waals surface area contributed by atoms with Crippen LogP contribution in [0.2, 0.25) is 0 Å². The molecule has 0 spiro atoms. The van der Waals surface area contributed by atoms with Crippen molar-refractivity contribution in [2.24, 2.45) is 5.92 Å². The molecule has 0 saturated carbocycles. The van der Waals surface area contributed by atoms with Crippen LogP contribution in [0.25, 0.3) is 0 Å². The molecule has 6 heteroatoms. The second kappa shape index (κ2) is 6.39. The maximum atomic E-state index is 10.9. The zero-order chi connectivity index (χ0) is 15.4. The van der Waals surface area contributed by atoms with E-state index in [-0.39, 0.29) is 5.56 Å². The lowest BCUT2D eigenvalue weighted by Gasteiger charge is -2.11. The van der Waals surface area contributed by atoms with Gasteiger partial charge in [-0.1, -0.05) is 13.8 Å². The number of aromatic carboxylic acids is 1. The predicted octanol–water partition coefficient (Wildman–Crippen LogP) is 2.52. The monoisotopic (exact) mass is 289 g/mol. The fourth-order valence-corrected chi connectivity index (χ4v) is 1.98. The molecular formula is C15H19N3O3. The Kier molecular flexibility index (Phi) is 4.57. The highest BCUT2D eigenvalue weighted by Gasteiger charge is 2.10. The van der Waals surface area contributed by atoms with Gasteiger partial charge in [0.25, 0.3) is 0 Å². The van der Waals surface area contributed by atoms with Gasteiger partial charge in [0.2, 0.25) is 0 Å². The minimum Gasteiger partial charge on any atom is -0.485 e. The molecule has 21 heavy (non-hydrogen) atoms. The number of benzene rings is 1. The molecule has 1 N–H and O–H groups in total. The minimum absolute atomic E-state index is 0.253. The Bertz CT molecular complexity index is 635. The molecule has 1 aromatic heterocycles. The van der Waals surface area contributed by atoms with Crippen LogP contribution < -0.4 is 4.74 Å². The van der Waals surface area contributed by atoms with Crippen LogP contribution in [0.1, 0.15) is 35.6 Å². The molecular weight excluding hydrogens is 270 g/mol. The third-order valence-corrected chi connectivity index (χ3v) is 3.01. The van der Waals surface area contributed by atoms with Gasteiger partial charge in [0.15, 0.2) is 5.82 Å². The molecule has 0 radical (unpaired) electrons. The van der Waals surface area contributed by atoms with Crippen molar-refractivity contribution in [2.45, 2.75) is 33.9 Å². The number of carbonyl (C=O) groups is 1. The van der Waals surface area contributed by atoms with E-state index in [9.17, 15) is 4.79 Å². The normalized spacial score (nSPS) is 10.9. The molecule has 0 aliphatic carbocycles. The predicted molar refractivity (Wildman–Crippen MR) is 77.3 cm³/mol. The second-order valence-corrected chi connectivity index (χ2v) is 5.33. The Balaban J connectivity index is 2.07. The van der Waals surface area contributed by atoms with Crippen LogP contribution >= 0.6 is 0 Å². The van der Waals surface area contributed by atoms with Crippen LogP contribution in [0.5, 0.6) is 5.75 Å². The Labute approximate surface area is 123 Å². The van der Waals surface area contributed by atoms with Crippen molar-refractivity contribution in [1.29, 1.82) is 0 Å². The molecule has 0 aliphatic heterocycles. The highest BCUT2D eigenvalue weighted by molar-refractivity contribution is 5.88. The Morgan fingerprint density at radius 2 is 2.19 bits per heavy atom. The maximum Gasteiger partial charge on any atom is 0.335 e. The fourth-order valence-electron chi connectivity index (χ4n) is 1.98. The van der Waals surface area contributed by atoms with Gasteiger partial charge in [-0.2, -0.15) is 5.10 Å². The largest absolute Gasteiger partial charge is 0.485 e. The number of aromatic nitrogens is 3. The van der Waals surface area contributed by atoms with E-state index < -0.39 is 5.97 Å². The molecule has 112 valence electrons. The average Bonchev–Trinajstić information content (AvgIpc) is 2.83. The van der Waals surface area contributed by atoms with Crippen molar-refractivity contribution in [3.63, 3.8) is 0 Å². The molecule has 0 bridgehead atoms. The van der Waals surface area contributed by atoms with E-state index in [1.807, 2.05) is 11.6 Å². The molecule has 6 nitrogen and oxygen atoms in total. The molecule has 0 saturated heterocycles. The van der Waals surface area contributed by atoms with Crippen molar-refractivity contribution < 1.29 is 14.6 Å². The summed E-state index contributed by atoms with van der Waals surface area (Å²) in [4.78, 5) is 15.1. The number of nitrogens with zero attached hydrogens (tertiary/aromatic N) is 3. The summed E-state index contributed by atoms with van der Waals surface area (Å²) in [6.07, 6.45) is 1.52. The van der Waals surface area contributed by atoms with E-state index in [2.05, 4.69) is 23.9 Å². The summed E-state index contributed by atoms with van der Waals surface area (Å²) in [5.74, 6) is 0.938. The lowest BCUT2D eigenvalue weighted by Crippen LogP contribution is -2.12. The van der Waals surface area contributed by atoms with Gasteiger partial charge < -0.3 is 9.84 Å². The van der Waals surface area contributed by atoms with Gasteiger partial charge in [0.1, 0.15) is 18.7 Å². The number of aryl methyl sites for hydroxylation is 1. The topological polar surface area (TPSA) is 77.2 Å². The first-order valence-corrected chi connectivity index (χ1v) is 6.80. The molecule has 0 aliphatic rings. The SMILES string of the molecule is Cc1cc(C(=O)O)ccc1OCc1ncnn1CC(C)C. The lowest BCUT2D eigenvalue weighted by atomic mass is 10.1. The molecule has 2 rings (SSSR count). The van der Waals surface area contributed by atoms with Crippen LogP contribution in [-0.2, 0) is 13.2 Å². The van der Waals surface area contributed by atoms with Crippen molar-refractivity contribution in [2.75, 3.05) is 0 Å². The standard InChI is InChI=1S/C15H19N3O3/c1-10(2)7-18-14(16-9-17-18)8-21-13-5-4-12(15(19)20)6-11(13)3/h4-6,9-10H,7-8H2,1-3H3,(H,19,20). The van der Waals surface area contributed by atoms with E-state index >= 15 is 0 Å². The summed E-state index contributed by atoms with van der Waals surface area (Å²) >= 11 is 0. The van der Waals surface area contributed by atoms with Crippen molar-refractivity contribution in [1.82, 2.24) is 14.8 Å². The number of carboxylic acids is 1. The van der Waals surface area contributed by atoms with Crippen LogP contribution in [0.4, 0.5) is 0 Å². The van der Waals surface area contributed by atoms with Crippen LogP contribution in [0, 0.1) is 12.8 Å². The zero-order valence-electron chi connectivity index (χ0n) is 12.4. The highest BCUT2D eigenvalue weighted by atomic mass is 16.5. The molecule has 0 unspecified atom stereocenters. The van der Waals surface area contributed by atoms with Gasteiger partial charge in [0, 0.05) is 6.54 Å². The zero-order valence-corrected chi connectivity index (χ0v) is 12.4. The summed E-state index contributed by atoms with van der Waals surface area (Å²) in [5, 5.41) is 13.1. The third kappa shape index (κ3) is 3.81. The van der Waals surface area contributed by atoms with Crippen molar-refractivity contribution in [3.8, 4) is 5.75 Å². The van der Waals surface area contributed by atoms with Gasteiger partial charge >= 0.3 is 5.97 Å². The first kappa shape index (κ1) is 15.0. The van der Waals surface area contributed by atoms with Gasteiger partial charge in [-0.05, 0) is 36.6 Å². The average molecular weight is 289 g/mol. The van der Waals surface area contributed by atoms with Crippen LogP contribution in [0.15, 0.2) is 24.5 Å². The van der Waals surface area contributed by atoms with Crippen molar-refractivity contribution in [3.05, 3.63) is 41.5 Å². The quantitative estimate of drug-likeness (QED) is 0.884. The smallest absolute Gasteiger partial charge is 0.335 e. The molecule has 0 atom stereocenters. The van der Waals surface area contributed by atoms with E-state index in [1.54, 1.807) is 12.1 Å². The number of hydrogen-bond acceptors (Lipinski definition) is 4. The lowest BCUT2D eigenvalue weighted by molar-refractivity contribution is 0.0696. The summed E-state index contributed by atoms with van der Waals surface area (Å²) in [6.45, 7) is 7.14. The van der Waals surface area contributed by atoms with Crippen LogP contribution in [-0.4, -0.2) is 25.8 Å². The number of carboxylic acid groups (broad SMARTS) is 1. The Morgan fingerprint density at radius 1 is 1.43 bits per heavy atom. The Morgan fingerprint density at radius 3 is 2.81 bits per heavy atom. The second-order valence-electron chi connectivity index (χ2n) is 5.33. The van der Waals surface area contributed by atoms with Gasteiger partial charge in [-0.15, -0.1) is 0 Å². The first-order chi connectivity index (χ1) is 9.97. The van der Waals surface area contributed by atoms with Crippen molar-refractivity contribution >= 4 is 5.97 Å². The summed E-state index contributed by atoms with van der Waals surface area (Å²) in [7, 11) is 0. The van der Waals surface area contributed by atoms with Crippen LogP contribution in [0.3, 0.4) is 0 Å². The summed E-state index contributed by atoms with van der Waals surface area (Å²) in [5.41, 5.74) is 1.03. The summed E-state index contributed by atoms with van der Waals surface area (Å²) in [6, 6.07) is 4.79. The molecule has 1 heterocycles. The third-order valence-electron chi connectivity index (χ3n) is 3.01. The first-order valence-electron chi connectivity index (χ1n) is 6.80. The number of rotatable bonds is 6. The fraction of sp³-hybridized carbons (Fsp3) is 0.400. The van der Waals surface area contributed by atoms with Gasteiger partial charge in [-0.25, -0.2) is 14.5 Å². The molecule has 0 amide bonds. The summed E-state index contributed by atoms with van der Waals surface area (Å²) < 4.78 is 7.55. The van der Waals surface area contributed by atoms with E-state index in [0.29, 0.717) is 18.3 Å².